The van der Waals surface area contributed by atoms with Crippen molar-refractivity contribution in [3.05, 3.63) is 84.4 Å². The van der Waals surface area contributed by atoms with Gasteiger partial charge in [-0.3, -0.25) is 4.90 Å². The Morgan fingerprint density at radius 1 is 0.794 bits per heavy atom. The molecule has 0 amide bonds. The van der Waals surface area contributed by atoms with Crippen LogP contribution in [0.1, 0.15) is 24.4 Å². The first-order valence-electron chi connectivity index (χ1n) is 11.1. The number of benzene rings is 3. The van der Waals surface area contributed by atoms with Crippen molar-refractivity contribution in [2.24, 2.45) is 0 Å². The molecule has 1 heterocycles. The standard InChI is InChI=1S/C26H27F3N2O2.ClH/c27-26(28,29)14-13-23(31-17-15-30-16-18-31)20-11-12-24(32-21-7-3-1-4-8-21)25(19-20)33-22-9-5-2-6-10-22;/h1-12,19,23,30H,13-18H2;1H/t23-;/m0./s1. The van der Waals surface area contributed by atoms with E-state index < -0.39 is 12.6 Å². The van der Waals surface area contributed by atoms with Crippen LogP contribution in [0.2, 0.25) is 0 Å². The lowest BCUT2D eigenvalue weighted by molar-refractivity contribution is -0.138. The van der Waals surface area contributed by atoms with E-state index in [-0.39, 0.29) is 24.9 Å². The molecule has 0 aliphatic carbocycles. The van der Waals surface area contributed by atoms with Gasteiger partial charge in [0, 0.05) is 38.6 Å². The van der Waals surface area contributed by atoms with Crippen LogP contribution in [-0.2, 0) is 0 Å². The topological polar surface area (TPSA) is 33.7 Å². The zero-order valence-corrected chi connectivity index (χ0v) is 19.4. The highest BCUT2D eigenvalue weighted by Gasteiger charge is 2.31. The quantitative estimate of drug-likeness (QED) is 0.367. The van der Waals surface area contributed by atoms with Crippen molar-refractivity contribution in [1.29, 1.82) is 0 Å². The predicted molar refractivity (Wildman–Crippen MR) is 129 cm³/mol. The minimum Gasteiger partial charge on any atom is -0.453 e. The maximum Gasteiger partial charge on any atom is 0.389 e. The van der Waals surface area contributed by atoms with Gasteiger partial charge < -0.3 is 14.8 Å². The third kappa shape index (κ3) is 7.38. The Labute approximate surface area is 204 Å². The fraction of sp³-hybridized carbons (Fsp3) is 0.308. The van der Waals surface area contributed by atoms with Crippen molar-refractivity contribution in [2.75, 3.05) is 26.2 Å². The first kappa shape index (κ1) is 25.9. The Bertz CT molecular complexity index is 1010. The van der Waals surface area contributed by atoms with Crippen LogP contribution >= 0.6 is 12.4 Å². The molecule has 1 aliphatic rings. The van der Waals surface area contributed by atoms with Crippen LogP contribution in [0.15, 0.2) is 78.9 Å². The van der Waals surface area contributed by atoms with E-state index in [1.54, 1.807) is 6.07 Å². The summed E-state index contributed by atoms with van der Waals surface area (Å²) in [4.78, 5) is 2.11. The normalized spacial score (nSPS) is 15.3. The van der Waals surface area contributed by atoms with Crippen LogP contribution in [0.5, 0.6) is 23.0 Å². The molecule has 0 bridgehead atoms. The summed E-state index contributed by atoms with van der Waals surface area (Å²) in [5.74, 6) is 2.25. The second kappa shape index (κ2) is 12.1. The number of hydrogen-bond donors (Lipinski definition) is 1. The van der Waals surface area contributed by atoms with Gasteiger partial charge in [-0.25, -0.2) is 0 Å². The molecule has 4 nitrogen and oxygen atoms in total. The van der Waals surface area contributed by atoms with E-state index >= 15 is 0 Å². The number of nitrogens with one attached hydrogen (secondary N) is 1. The molecule has 1 atom stereocenters. The summed E-state index contributed by atoms with van der Waals surface area (Å²) in [7, 11) is 0. The number of rotatable bonds is 8. The first-order chi connectivity index (χ1) is 16.0. The molecule has 0 radical (unpaired) electrons. The van der Waals surface area contributed by atoms with Crippen LogP contribution in [0.3, 0.4) is 0 Å². The molecule has 1 saturated heterocycles. The van der Waals surface area contributed by atoms with Gasteiger partial charge >= 0.3 is 6.18 Å². The van der Waals surface area contributed by atoms with Gasteiger partial charge in [0.2, 0.25) is 0 Å². The number of nitrogens with zero attached hydrogens (tertiary/aromatic N) is 1. The summed E-state index contributed by atoms with van der Waals surface area (Å²) in [6, 6.07) is 23.7. The van der Waals surface area contributed by atoms with E-state index in [0.29, 0.717) is 36.1 Å². The minimum atomic E-state index is -4.20. The minimum absolute atomic E-state index is 0. The maximum atomic E-state index is 13.1. The molecule has 182 valence electrons. The second-order valence-electron chi connectivity index (χ2n) is 7.99. The molecule has 0 spiro atoms. The zero-order valence-electron chi connectivity index (χ0n) is 18.6. The number of alkyl halides is 3. The summed E-state index contributed by atoms with van der Waals surface area (Å²) in [6.45, 7) is 2.90. The van der Waals surface area contributed by atoms with Gasteiger partial charge in [0.05, 0.1) is 0 Å². The summed E-state index contributed by atoms with van der Waals surface area (Å²) in [5.41, 5.74) is 0.785. The van der Waals surface area contributed by atoms with Crippen LogP contribution in [0.25, 0.3) is 0 Å². The lowest BCUT2D eigenvalue weighted by Gasteiger charge is -2.35. The molecule has 0 saturated carbocycles. The van der Waals surface area contributed by atoms with Crippen molar-refractivity contribution in [3.63, 3.8) is 0 Å². The lowest BCUT2D eigenvalue weighted by atomic mass is 9.98. The van der Waals surface area contributed by atoms with Crippen LogP contribution in [0, 0.1) is 0 Å². The van der Waals surface area contributed by atoms with Crippen molar-refractivity contribution >= 4 is 12.4 Å². The molecule has 0 unspecified atom stereocenters. The Kier molecular flexibility index (Phi) is 9.21. The SMILES string of the molecule is Cl.FC(F)(F)CC[C@@H](c1ccc(Oc2ccccc2)c(Oc2ccccc2)c1)N1CCNCC1. The highest BCUT2D eigenvalue weighted by molar-refractivity contribution is 5.85. The van der Waals surface area contributed by atoms with Crippen LogP contribution < -0.4 is 14.8 Å². The third-order valence-electron chi connectivity index (χ3n) is 5.59. The summed E-state index contributed by atoms with van der Waals surface area (Å²) < 4.78 is 51.5. The van der Waals surface area contributed by atoms with Gasteiger partial charge in [0.25, 0.3) is 0 Å². The highest BCUT2D eigenvalue weighted by atomic mass is 35.5. The monoisotopic (exact) mass is 492 g/mol. The zero-order chi connectivity index (χ0) is 23.1. The van der Waals surface area contributed by atoms with E-state index in [0.717, 1.165) is 18.7 Å². The molecule has 8 heteroatoms. The van der Waals surface area contributed by atoms with Gasteiger partial charge in [-0.1, -0.05) is 42.5 Å². The van der Waals surface area contributed by atoms with Gasteiger partial charge in [-0.15, -0.1) is 12.4 Å². The summed E-state index contributed by atoms with van der Waals surface area (Å²) in [6.07, 6.45) is -5.04. The number of ether oxygens (including phenoxy) is 2. The molecule has 34 heavy (non-hydrogen) atoms. The number of para-hydroxylation sites is 2. The fourth-order valence-electron chi connectivity index (χ4n) is 3.98. The number of hydrogen-bond acceptors (Lipinski definition) is 4. The van der Waals surface area contributed by atoms with E-state index in [1.165, 1.54) is 0 Å². The van der Waals surface area contributed by atoms with Crippen molar-refractivity contribution in [1.82, 2.24) is 10.2 Å². The van der Waals surface area contributed by atoms with Crippen molar-refractivity contribution in [2.45, 2.75) is 25.1 Å². The molecule has 4 rings (SSSR count). The van der Waals surface area contributed by atoms with Gasteiger partial charge in [0.1, 0.15) is 11.5 Å². The molecular formula is C26H28ClF3N2O2. The van der Waals surface area contributed by atoms with Crippen molar-refractivity contribution in [3.8, 4) is 23.0 Å². The fourth-order valence-corrected chi connectivity index (χ4v) is 3.98. The number of halogens is 4. The molecule has 1 fully saturated rings. The van der Waals surface area contributed by atoms with Crippen LogP contribution in [-0.4, -0.2) is 37.3 Å². The van der Waals surface area contributed by atoms with Gasteiger partial charge in [0.15, 0.2) is 11.5 Å². The average Bonchev–Trinajstić information content (AvgIpc) is 2.82. The van der Waals surface area contributed by atoms with Gasteiger partial charge in [-0.05, 0) is 48.4 Å². The van der Waals surface area contributed by atoms with Crippen LogP contribution in [0.4, 0.5) is 13.2 Å². The molecule has 0 aromatic heterocycles. The molecule has 1 N–H and O–H groups in total. The molecular weight excluding hydrogens is 465 g/mol. The maximum absolute atomic E-state index is 13.1. The van der Waals surface area contributed by atoms with E-state index in [1.807, 2.05) is 72.8 Å². The lowest BCUT2D eigenvalue weighted by Crippen LogP contribution is -2.45. The largest absolute Gasteiger partial charge is 0.453 e. The Morgan fingerprint density at radius 3 is 1.91 bits per heavy atom. The first-order valence-corrected chi connectivity index (χ1v) is 11.1. The third-order valence-corrected chi connectivity index (χ3v) is 5.59. The molecule has 1 aliphatic heterocycles. The highest BCUT2D eigenvalue weighted by Crippen LogP contribution is 2.39. The molecule has 3 aromatic rings. The summed E-state index contributed by atoms with van der Waals surface area (Å²) >= 11 is 0. The van der Waals surface area contributed by atoms with Crippen molar-refractivity contribution < 1.29 is 22.6 Å². The van der Waals surface area contributed by atoms with E-state index in [2.05, 4.69) is 10.2 Å². The van der Waals surface area contributed by atoms with E-state index in [9.17, 15) is 13.2 Å². The van der Waals surface area contributed by atoms with Gasteiger partial charge in [-0.2, -0.15) is 13.2 Å². The second-order valence-corrected chi connectivity index (χ2v) is 7.99. The smallest absolute Gasteiger partial charge is 0.389 e. The van der Waals surface area contributed by atoms with E-state index in [4.69, 9.17) is 9.47 Å². The Morgan fingerprint density at radius 2 is 1.35 bits per heavy atom. The summed E-state index contributed by atoms with van der Waals surface area (Å²) in [5, 5.41) is 3.27. The molecule has 3 aromatic carbocycles. The predicted octanol–water partition coefficient (Wildman–Crippen LogP) is 6.98. The Hall–Kier alpha value is -2.74. The number of piperazine rings is 1. The Balaban J connectivity index is 0.00000324. The average molecular weight is 493 g/mol.